The van der Waals surface area contributed by atoms with Crippen molar-refractivity contribution in [1.82, 2.24) is 25.3 Å². The van der Waals surface area contributed by atoms with E-state index < -0.39 is 24.7 Å². The summed E-state index contributed by atoms with van der Waals surface area (Å²) in [6.07, 6.45) is 0.218. The van der Waals surface area contributed by atoms with Gasteiger partial charge in [0.1, 0.15) is 12.2 Å². The Labute approximate surface area is 155 Å². The van der Waals surface area contributed by atoms with Crippen LogP contribution in [0.1, 0.15) is 6.92 Å². The Morgan fingerprint density at radius 2 is 2.15 bits per heavy atom. The number of hydrogen-bond acceptors (Lipinski definition) is 5. The predicted molar refractivity (Wildman–Crippen MR) is 91.3 cm³/mol. The minimum atomic E-state index is -4.50. The van der Waals surface area contributed by atoms with Gasteiger partial charge in [-0.2, -0.15) is 13.2 Å². The van der Waals surface area contributed by atoms with Crippen molar-refractivity contribution in [3.05, 3.63) is 35.9 Å². The number of halogens is 4. The molecule has 11 heteroatoms. The molecule has 0 aliphatic carbocycles. The van der Waals surface area contributed by atoms with Crippen LogP contribution in [-0.2, 0) is 4.79 Å². The number of alkyl halides is 3. The molecule has 0 saturated carbocycles. The van der Waals surface area contributed by atoms with E-state index in [4.69, 9.17) is 16.3 Å². The number of H-pyrrole nitrogens is 1. The Hall–Kier alpha value is -2.88. The van der Waals surface area contributed by atoms with Crippen molar-refractivity contribution in [3.8, 4) is 17.1 Å². The van der Waals surface area contributed by atoms with Crippen LogP contribution in [-0.4, -0.2) is 44.7 Å². The highest BCUT2D eigenvalue weighted by Gasteiger charge is 2.29. The number of carbonyl (C=O) groups is 1. The molecule has 142 valence electrons. The lowest BCUT2D eigenvalue weighted by Crippen LogP contribution is -2.41. The van der Waals surface area contributed by atoms with Gasteiger partial charge in [0.2, 0.25) is 5.88 Å². The largest absolute Gasteiger partial charge is 0.463 e. The van der Waals surface area contributed by atoms with Crippen LogP contribution >= 0.6 is 11.6 Å². The van der Waals surface area contributed by atoms with Crippen LogP contribution in [0.3, 0.4) is 0 Å². The number of hydrogen-bond donors (Lipinski definition) is 2. The number of nitrogens with one attached hydrogen (secondary N) is 2. The lowest BCUT2D eigenvalue weighted by molar-refractivity contribution is -0.142. The summed E-state index contributed by atoms with van der Waals surface area (Å²) >= 11 is 5.97. The molecule has 0 spiro atoms. The standard InChI is InChI=1S/C16H13ClF3N5O2/c1-8(15(26)24-7-16(18,19)20)27-13-6-21-5-12(25-13)11-4-23-14-10(11)2-9(17)3-22-14/h2-6,8H,7H2,1H3,(H,22,23)(H,24,26)/t8-/m0/s1. The molecular formula is C16H13ClF3N5O2. The zero-order valence-corrected chi connectivity index (χ0v) is 14.6. The minimum absolute atomic E-state index is 0.00787. The Morgan fingerprint density at radius 3 is 2.89 bits per heavy atom. The Bertz CT molecular complexity index is 976. The first-order chi connectivity index (χ1) is 12.7. The Morgan fingerprint density at radius 1 is 1.37 bits per heavy atom. The first kappa shape index (κ1) is 18.9. The molecule has 27 heavy (non-hydrogen) atoms. The summed E-state index contributed by atoms with van der Waals surface area (Å²) in [4.78, 5) is 27.1. The molecule has 7 nitrogen and oxygen atoms in total. The van der Waals surface area contributed by atoms with Gasteiger partial charge in [-0.1, -0.05) is 11.6 Å². The molecule has 0 unspecified atom stereocenters. The number of nitrogens with zero attached hydrogens (tertiary/aromatic N) is 3. The van der Waals surface area contributed by atoms with Crippen molar-refractivity contribution in [1.29, 1.82) is 0 Å². The summed E-state index contributed by atoms with van der Waals surface area (Å²) in [6.45, 7) is -0.121. The predicted octanol–water partition coefficient (Wildman–Crippen LogP) is 3.12. The molecule has 0 aromatic carbocycles. The fourth-order valence-electron chi connectivity index (χ4n) is 2.29. The second-order valence-electron chi connectivity index (χ2n) is 5.59. The van der Waals surface area contributed by atoms with E-state index in [2.05, 4.69) is 19.9 Å². The fourth-order valence-corrected chi connectivity index (χ4v) is 2.45. The fraction of sp³-hybridized carbons (Fsp3) is 0.250. The number of ether oxygens (including phenoxy) is 1. The van der Waals surface area contributed by atoms with E-state index in [0.717, 1.165) is 0 Å². The monoisotopic (exact) mass is 399 g/mol. The molecule has 1 amide bonds. The highest BCUT2D eigenvalue weighted by molar-refractivity contribution is 6.31. The van der Waals surface area contributed by atoms with Gasteiger partial charge in [-0.15, -0.1) is 0 Å². The third kappa shape index (κ3) is 4.64. The second-order valence-corrected chi connectivity index (χ2v) is 6.02. The van der Waals surface area contributed by atoms with Crippen molar-refractivity contribution in [2.45, 2.75) is 19.2 Å². The third-order valence-electron chi connectivity index (χ3n) is 3.52. The molecule has 3 aromatic rings. The zero-order valence-electron chi connectivity index (χ0n) is 13.8. The highest BCUT2D eigenvalue weighted by atomic mass is 35.5. The lowest BCUT2D eigenvalue weighted by Gasteiger charge is -2.15. The molecule has 0 aliphatic heterocycles. The average Bonchev–Trinajstić information content (AvgIpc) is 3.02. The molecule has 0 saturated heterocycles. The highest BCUT2D eigenvalue weighted by Crippen LogP contribution is 2.28. The van der Waals surface area contributed by atoms with Crippen LogP contribution in [0.25, 0.3) is 22.3 Å². The van der Waals surface area contributed by atoms with Crippen LogP contribution in [0.2, 0.25) is 5.02 Å². The molecule has 0 bridgehead atoms. The van der Waals surface area contributed by atoms with Gasteiger partial charge in [0.25, 0.3) is 5.91 Å². The molecule has 0 radical (unpaired) electrons. The van der Waals surface area contributed by atoms with Gasteiger partial charge >= 0.3 is 6.18 Å². The van der Waals surface area contributed by atoms with Crippen molar-refractivity contribution < 1.29 is 22.7 Å². The van der Waals surface area contributed by atoms with Crippen LogP contribution in [0.15, 0.2) is 30.9 Å². The van der Waals surface area contributed by atoms with Gasteiger partial charge in [-0.05, 0) is 13.0 Å². The zero-order chi connectivity index (χ0) is 19.6. The number of aromatic nitrogens is 4. The quantitative estimate of drug-likeness (QED) is 0.687. The van der Waals surface area contributed by atoms with E-state index in [9.17, 15) is 18.0 Å². The van der Waals surface area contributed by atoms with E-state index in [-0.39, 0.29) is 5.88 Å². The summed E-state index contributed by atoms with van der Waals surface area (Å²) in [6, 6.07) is 1.71. The topological polar surface area (TPSA) is 92.8 Å². The summed E-state index contributed by atoms with van der Waals surface area (Å²) in [5.74, 6) is -0.922. The van der Waals surface area contributed by atoms with Crippen molar-refractivity contribution in [2.75, 3.05) is 6.54 Å². The molecular weight excluding hydrogens is 387 g/mol. The van der Waals surface area contributed by atoms with E-state index in [1.54, 1.807) is 17.6 Å². The molecule has 0 aliphatic rings. The third-order valence-corrected chi connectivity index (χ3v) is 3.72. The molecule has 2 N–H and O–H groups in total. The lowest BCUT2D eigenvalue weighted by atomic mass is 10.2. The first-order valence-corrected chi connectivity index (χ1v) is 8.07. The van der Waals surface area contributed by atoms with Crippen LogP contribution in [0.5, 0.6) is 5.88 Å². The van der Waals surface area contributed by atoms with Gasteiger partial charge < -0.3 is 15.0 Å². The van der Waals surface area contributed by atoms with Crippen molar-refractivity contribution >= 4 is 28.5 Å². The van der Waals surface area contributed by atoms with E-state index in [1.165, 1.54) is 25.5 Å². The SMILES string of the molecule is C[C@H](Oc1cncc(-c2c[nH]c3ncc(Cl)cc23)n1)C(=O)NCC(F)(F)F. The summed E-state index contributed by atoms with van der Waals surface area (Å²) in [5.41, 5.74) is 1.68. The maximum atomic E-state index is 12.2. The molecule has 0 fully saturated rings. The van der Waals surface area contributed by atoms with Gasteiger partial charge in [0.15, 0.2) is 6.10 Å². The van der Waals surface area contributed by atoms with Gasteiger partial charge in [0.05, 0.1) is 23.1 Å². The maximum Gasteiger partial charge on any atom is 0.405 e. The number of rotatable bonds is 5. The van der Waals surface area contributed by atoms with Crippen molar-refractivity contribution in [3.63, 3.8) is 0 Å². The summed E-state index contributed by atoms with van der Waals surface area (Å²) in [5, 5.41) is 2.91. The van der Waals surface area contributed by atoms with Gasteiger partial charge in [-0.25, -0.2) is 9.97 Å². The summed E-state index contributed by atoms with van der Waals surface area (Å²) in [7, 11) is 0. The van der Waals surface area contributed by atoms with E-state index in [1.807, 2.05) is 0 Å². The number of aromatic amines is 1. The smallest absolute Gasteiger partial charge is 0.405 e. The maximum absolute atomic E-state index is 12.2. The average molecular weight is 400 g/mol. The number of fused-ring (bicyclic) bond motifs is 1. The normalized spacial score (nSPS) is 12.8. The van der Waals surface area contributed by atoms with E-state index >= 15 is 0 Å². The second kappa shape index (κ2) is 7.39. The molecule has 3 aromatic heterocycles. The van der Waals surface area contributed by atoms with E-state index in [0.29, 0.717) is 27.3 Å². The van der Waals surface area contributed by atoms with Crippen LogP contribution in [0.4, 0.5) is 13.2 Å². The molecule has 1 atom stereocenters. The van der Waals surface area contributed by atoms with Crippen LogP contribution < -0.4 is 10.1 Å². The number of amides is 1. The van der Waals surface area contributed by atoms with Gasteiger partial charge in [-0.3, -0.25) is 9.78 Å². The first-order valence-electron chi connectivity index (χ1n) is 7.69. The van der Waals surface area contributed by atoms with Crippen LogP contribution in [0, 0.1) is 0 Å². The molecule has 3 heterocycles. The Balaban J connectivity index is 1.77. The Kier molecular flexibility index (Phi) is 5.17. The number of pyridine rings is 1. The minimum Gasteiger partial charge on any atom is -0.463 e. The van der Waals surface area contributed by atoms with Crippen molar-refractivity contribution in [2.24, 2.45) is 0 Å². The molecule has 3 rings (SSSR count). The summed E-state index contributed by atoms with van der Waals surface area (Å²) < 4.78 is 41.8. The number of carbonyl (C=O) groups excluding carboxylic acids is 1. The van der Waals surface area contributed by atoms with Gasteiger partial charge in [0, 0.05) is 23.3 Å².